The molecule has 0 saturated carbocycles. The number of aromatic nitrogens is 4. The van der Waals surface area contributed by atoms with E-state index in [0.29, 0.717) is 23.4 Å². The maximum Gasteiger partial charge on any atom is 0.223 e. The molecular formula is C8H12N4O2. The van der Waals surface area contributed by atoms with E-state index >= 15 is 0 Å². The molecule has 2 aromatic heterocycles. The molecule has 0 spiro atoms. The monoisotopic (exact) mass is 196 g/mol. The van der Waals surface area contributed by atoms with Gasteiger partial charge < -0.3 is 9.05 Å². The summed E-state index contributed by atoms with van der Waals surface area (Å²) in [5, 5.41) is 7.06. The first-order valence-corrected chi connectivity index (χ1v) is 4.12. The van der Waals surface area contributed by atoms with Crippen LogP contribution >= 0.6 is 0 Å². The van der Waals surface area contributed by atoms with Gasteiger partial charge in [-0.05, 0) is 13.8 Å². The van der Waals surface area contributed by atoms with Crippen LogP contribution in [-0.2, 0) is 0 Å². The van der Waals surface area contributed by atoms with Crippen LogP contribution in [0.15, 0.2) is 9.05 Å². The average molecular weight is 196 g/mol. The van der Waals surface area contributed by atoms with Gasteiger partial charge in [-0.3, -0.25) is 0 Å². The number of nitrogens with zero attached hydrogens (tertiary/aromatic N) is 4. The van der Waals surface area contributed by atoms with E-state index in [1.54, 1.807) is 27.7 Å². The van der Waals surface area contributed by atoms with Crippen LogP contribution < -0.4 is 0 Å². The molecule has 14 heavy (non-hydrogen) atoms. The molecule has 0 bridgehead atoms. The zero-order chi connectivity index (χ0) is 10.6. The van der Waals surface area contributed by atoms with Crippen molar-refractivity contribution in [2.45, 2.75) is 27.7 Å². The van der Waals surface area contributed by atoms with E-state index in [1.165, 1.54) is 0 Å². The molecule has 2 heterocycles. The molecule has 0 radical (unpaired) electrons. The van der Waals surface area contributed by atoms with E-state index in [4.69, 9.17) is 0 Å². The molecule has 0 unspecified atom stereocenters. The van der Waals surface area contributed by atoms with Gasteiger partial charge in [0.05, 0.1) is 0 Å². The third-order valence-electron chi connectivity index (χ3n) is 1.26. The Balaban J connectivity index is 0.000000140. The van der Waals surface area contributed by atoms with Gasteiger partial charge in [0.25, 0.3) is 0 Å². The van der Waals surface area contributed by atoms with Crippen molar-refractivity contribution in [3.8, 4) is 0 Å². The second kappa shape index (κ2) is 4.50. The van der Waals surface area contributed by atoms with Gasteiger partial charge in [0.2, 0.25) is 11.8 Å². The smallest absolute Gasteiger partial charge is 0.223 e. The van der Waals surface area contributed by atoms with Crippen molar-refractivity contribution in [3.63, 3.8) is 0 Å². The molecule has 0 aliphatic heterocycles. The summed E-state index contributed by atoms with van der Waals surface area (Å²) in [6.45, 7) is 7.10. The molecule has 6 nitrogen and oxygen atoms in total. The Morgan fingerprint density at radius 1 is 0.714 bits per heavy atom. The summed E-state index contributed by atoms with van der Waals surface area (Å²) in [4.78, 5) is 7.67. The van der Waals surface area contributed by atoms with Crippen molar-refractivity contribution < 1.29 is 9.05 Å². The van der Waals surface area contributed by atoms with Crippen LogP contribution in [0.3, 0.4) is 0 Å². The Morgan fingerprint density at radius 2 is 1.07 bits per heavy atom. The molecular weight excluding hydrogens is 184 g/mol. The molecule has 0 aliphatic rings. The summed E-state index contributed by atoms with van der Waals surface area (Å²) in [6.07, 6.45) is 0. The van der Waals surface area contributed by atoms with Crippen molar-refractivity contribution in [1.29, 1.82) is 0 Å². The highest BCUT2D eigenvalue weighted by Crippen LogP contribution is 1.90. The minimum Gasteiger partial charge on any atom is -0.340 e. The van der Waals surface area contributed by atoms with Gasteiger partial charge in [0.1, 0.15) is 0 Å². The highest BCUT2D eigenvalue weighted by atomic mass is 16.5. The molecule has 2 rings (SSSR count). The van der Waals surface area contributed by atoms with Crippen molar-refractivity contribution in [3.05, 3.63) is 23.4 Å². The van der Waals surface area contributed by atoms with Crippen LogP contribution in [0.4, 0.5) is 0 Å². The molecule has 0 saturated heterocycles. The predicted molar refractivity (Wildman–Crippen MR) is 47.5 cm³/mol. The molecule has 0 amide bonds. The highest BCUT2D eigenvalue weighted by Gasteiger charge is 1.90. The zero-order valence-electron chi connectivity index (χ0n) is 8.61. The van der Waals surface area contributed by atoms with E-state index in [0.717, 1.165) is 0 Å². The van der Waals surface area contributed by atoms with Gasteiger partial charge >= 0.3 is 0 Å². The number of rotatable bonds is 0. The van der Waals surface area contributed by atoms with Crippen LogP contribution in [-0.4, -0.2) is 20.3 Å². The Morgan fingerprint density at radius 3 is 1.14 bits per heavy atom. The molecule has 6 heteroatoms. The van der Waals surface area contributed by atoms with Crippen LogP contribution in [0.1, 0.15) is 23.4 Å². The number of hydrogen-bond acceptors (Lipinski definition) is 6. The predicted octanol–water partition coefficient (Wildman–Crippen LogP) is 1.37. The molecule has 0 N–H and O–H groups in total. The standard InChI is InChI=1S/2C4H6N2O/c2*1-3-5-4(2)7-6-3/h2*1-2H3. The summed E-state index contributed by atoms with van der Waals surface area (Å²) >= 11 is 0. The van der Waals surface area contributed by atoms with Crippen LogP contribution in [0, 0.1) is 27.7 Å². The number of hydrogen-bond donors (Lipinski definition) is 0. The third kappa shape index (κ3) is 3.34. The number of aryl methyl sites for hydroxylation is 4. The summed E-state index contributed by atoms with van der Waals surface area (Å²) in [5.74, 6) is 2.63. The van der Waals surface area contributed by atoms with E-state index in [1.807, 2.05) is 0 Å². The molecule has 2 aromatic rings. The van der Waals surface area contributed by atoms with Crippen molar-refractivity contribution >= 4 is 0 Å². The Kier molecular flexibility index (Phi) is 3.33. The first-order chi connectivity index (χ1) is 6.58. The zero-order valence-corrected chi connectivity index (χ0v) is 8.61. The normalized spacial score (nSPS) is 9.43. The van der Waals surface area contributed by atoms with Crippen molar-refractivity contribution in [2.75, 3.05) is 0 Å². The van der Waals surface area contributed by atoms with Gasteiger partial charge in [-0.25, -0.2) is 0 Å². The molecule has 76 valence electrons. The lowest BCUT2D eigenvalue weighted by molar-refractivity contribution is 0.389. The van der Waals surface area contributed by atoms with Gasteiger partial charge in [-0.2, -0.15) is 9.97 Å². The summed E-state index contributed by atoms with van der Waals surface area (Å²) < 4.78 is 9.21. The maximum atomic E-state index is 4.60. The van der Waals surface area contributed by atoms with Crippen molar-refractivity contribution in [2.24, 2.45) is 0 Å². The van der Waals surface area contributed by atoms with Gasteiger partial charge in [-0.15, -0.1) is 0 Å². The fourth-order valence-electron chi connectivity index (χ4n) is 0.802. The van der Waals surface area contributed by atoms with Gasteiger partial charge in [-0.1, -0.05) is 10.3 Å². The van der Waals surface area contributed by atoms with E-state index in [2.05, 4.69) is 29.3 Å². The topological polar surface area (TPSA) is 77.8 Å². The largest absolute Gasteiger partial charge is 0.340 e. The van der Waals surface area contributed by atoms with Crippen LogP contribution in [0.25, 0.3) is 0 Å². The highest BCUT2D eigenvalue weighted by molar-refractivity contribution is 4.77. The minimum absolute atomic E-state index is 0.623. The molecule has 0 aromatic carbocycles. The summed E-state index contributed by atoms with van der Waals surface area (Å²) in [6, 6.07) is 0. The Labute approximate surface area is 81.3 Å². The quantitative estimate of drug-likeness (QED) is 0.633. The fourth-order valence-corrected chi connectivity index (χ4v) is 0.802. The lowest BCUT2D eigenvalue weighted by atomic mass is 10.7. The van der Waals surface area contributed by atoms with Crippen molar-refractivity contribution in [1.82, 2.24) is 20.3 Å². The van der Waals surface area contributed by atoms with E-state index in [-0.39, 0.29) is 0 Å². The molecule has 0 aliphatic carbocycles. The maximum absolute atomic E-state index is 4.60. The van der Waals surface area contributed by atoms with Crippen LogP contribution in [0.2, 0.25) is 0 Å². The average Bonchev–Trinajstić information content (AvgIpc) is 2.63. The van der Waals surface area contributed by atoms with Gasteiger partial charge in [0.15, 0.2) is 11.6 Å². The summed E-state index contributed by atoms with van der Waals surface area (Å²) in [5.41, 5.74) is 0. The molecule has 0 atom stereocenters. The Bertz CT molecular complexity index is 322. The third-order valence-corrected chi connectivity index (χ3v) is 1.26. The lowest BCUT2D eigenvalue weighted by Gasteiger charge is -1.64. The first-order valence-electron chi connectivity index (χ1n) is 4.12. The SMILES string of the molecule is Cc1noc(C)n1.Cc1noc(C)n1. The summed E-state index contributed by atoms with van der Waals surface area (Å²) in [7, 11) is 0. The second-order valence-corrected chi connectivity index (χ2v) is 2.72. The first kappa shape index (κ1) is 10.4. The lowest BCUT2D eigenvalue weighted by Crippen LogP contribution is -1.70. The fraction of sp³-hybridized carbons (Fsp3) is 0.500. The van der Waals surface area contributed by atoms with Gasteiger partial charge in [0, 0.05) is 13.8 Å². The van der Waals surface area contributed by atoms with E-state index < -0.39 is 0 Å². The molecule has 0 fully saturated rings. The Hall–Kier alpha value is -1.72. The van der Waals surface area contributed by atoms with Crippen LogP contribution in [0.5, 0.6) is 0 Å². The second-order valence-electron chi connectivity index (χ2n) is 2.72. The minimum atomic E-state index is 0.623. The van der Waals surface area contributed by atoms with E-state index in [9.17, 15) is 0 Å².